The van der Waals surface area contributed by atoms with Gasteiger partial charge >= 0.3 is 12.1 Å². The van der Waals surface area contributed by atoms with E-state index in [1.54, 1.807) is 16.2 Å². The van der Waals surface area contributed by atoms with Crippen molar-refractivity contribution >= 4 is 33.5 Å². The second kappa shape index (κ2) is 8.55. The van der Waals surface area contributed by atoms with E-state index in [0.717, 1.165) is 46.4 Å². The van der Waals surface area contributed by atoms with Crippen LogP contribution >= 0.6 is 11.3 Å². The minimum absolute atomic E-state index is 0.106. The van der Waals surface area contributed by atoms with Gasteiger partial charge in [-0.2, -0.15) is 9.97 Å². The fraction of sp³-hybridized carbons (Fsp3) is 0.552. The van der Waals surface area contributed by atoms with Crippen molar-refractivity contribution in [3.63, 3.8) is 0 Å². The van der Waals surface area contributed by atoms with Gasteiger partial charge in [0.15, 0.2) is 0 Å². The van der Waals surface area contributed by atoms with Crippen molar-refractivity contribution in [3.05, 3.63) is 35.7 Å². The number of amides is 1. The molecule has 1 aliphatic carbocycles. The molecule has 5 atom stereocenters. The maximum Gasteiger partial charge on any atom is 0.407 e. The molecule has 0 radical (unpaired) electrons. The Morgan fingerprint density at radius 3 is 2.55 bits per heavy atom. The summed E-state index contributed by atoms with van der Waals surface area (Å²) in [4.78, 5) is 27.2. The summed E-state index contributed by atoms with van der Waals surface area (Å²) in [5, 5.41) is 13.2. The van der Waals surface area contributed by atoms with E-state index >= 15 is 0 Å². The first-order chi connectivity index (χ1) is 18.2. The fourth-order valence-corrected chi connectivity index (χ4v) is 8.39. The third kappa shape index (κ3) is 3.54. The Kier molecular flexibility index (Phi) is 5.43. The Bertz CT molecular complexity index is 1370. The summed E-state index contributed by atoms with van der Waals surface area (Å²) in [6.07, 6.45) is 2.72. The van der Waals surface area contributed by atoms with Crippen molar-refractivity contribution in [2.75, 3.05) is 24.7 Å². The second-order valence-electron chi connectivity index (χ2n) is 12.4. The molecule has 3 aliphatic heterocycles. The van der Waals surface area contributed by atoms with Gasteiger partial charge in [0, 0.05) is 29.8 Å². The zero-order chi connectivity index (χ0) is 26.2. The molecule has 7 rings (SSSR count). The average molecular weight is 535 g/mol. The molecule has 1 saturated carbocycles. The molecule has 4 bridgehead atoms. The standard InChI is InChI=1S/C29H34N4O4S/c1-28(2,3)29-11-18(13-32(29)27(34)35)22(12-29)37-26-30-24(33-19-9-10-20(33)15-36-14-19)23-21(16-38-25(23)31-26)17-7-5-4-6-8-17/h4-8,16,18-20,22H,9-15H2,1-3H3,(H,34,35). The van der Waals surface area contributed by atoms with Crippen molar-refractivity contribution in [2.45, 2.75) is 70.2 Å². The van der Waals surface area contributed by atoms with Gasteiger partial charge in [0.2, 0.25) is 0 Å². The second-order valence-corrected chi connectivity index (χ2v) is 13.2. The van der Waals surface area contributed by atoms with E-state index in [-0.39, 0.29) is 17.4 Å². The SMILES string of the molecule is CC(C)(C)C12CC(CN1C(=O)O)C(Oc1nc(N3C4CCC3COC4)c3c(-c4ccccc4)csc3n1)C2. The van der Waals surface area contributed by atoms with Crippen molar-refractivity contribution in [3.8, 4) is 17.1 Å². The highest BCUT2D eigenvalue weighted by Gasteiger charge is 2.63. The van der Waals surface area contributed by atoms with Gasteiger partial charge in [-0.25, -0.2) is 4.79 Å². The first-order valence-electron chi connectivity index (χ1n) is 13.6. The number of thiophene rings is 1. The Morgan fingerprint density at radius 2 is 1.87 bits per heavy atom. The molecule has 4 aliphatic rings. The molecule has 8 nitrogen and oxygen atoms in total. The molecule has 1 aromatic carbocycles. The highest BCUT2D eigenvalue weighted by Crippen LogP contribution is 2.56. The van der Waals surface area contributed by atoms with Gasteiger partial charge in [-0.1, -0.05) is 51.1 Å². The number of morpholine rings is 1. The molecule has 0 spiro atoms. The molecule has 2 aromatic heterocycles. The number of anilines is 1. The van der Waals surface area contributed by atoms with E-state index in [1.807, 2.05) is 6.07 Å². The van der Waals surface area contributed by atoms with Crippen LogP contribution in [-0.2, 0) is 4.74 Å². The minimum atomic E-state index is -0.837. The molecule has 1 N–H and O–H groups in total. The van der Waals surface area contributed by atoms with Crippen LogP contribution < -0.4 is 9.64 Å². The fourth-order valence-electron chi connectivity index (χ4n) is 7.46. The lowest BCUT2D eigenvalue weighted by atomic mass is 9.72. The largest absolute Gasteiger partial charge is 0.465 e. The first-order valence-corrected chi connectivity index (χ1v) is 14.5. The smallest absolute Gasteiger partial charge is 0.407 e. The number of rotatable bonds is 4. The highest BCUT2D eigenvalue weighted by molar-refractivity contribution is 7.17. The van der Waals surface area contributed by atoms with E-state index in [1.165, 1.54) is 0 Å². The topological polar surface area (TPSA) is 88.0 Å². The maximum atomic E-state index is 12.1. The third-order valence-electron chi connectivity index (χ3n) is 9.45. The van der Waals surface area contributed by atoms with Crippen LogP contribution in [0.2, 0.25) is 0 Å². The van der Waals surface area contributed by atoms with Crippen LogP contribution in [0.1, 0.15) is 46.5 Å². The maximum absolute atomic E-state index is 12.1. The number of benzene rings is 1. The van der Waals surface area contributed by atoms with E-state index in [4.69, 9.17) is 19.4 Å². The summed E-state index contributed by atoms with van der Waals surface area (Å²) in [5.74, 6) is 1.08. The minimum Gasteiger partial charge on any atom is -0.465 e. The van der Waals surface area contributed by atoms with Gasteiger partial charge in [-0.3, -0.25) is 0 Å². The van der Waals surface area contributed by atoms with E-state index in [0.29, 0.717) is 44.3 Å². The number of piperidine rings is 1. The van der Waals surface area contributed by atoms with Crippen molar-refractivity contribution in [2.24, 2.45) is 11.3 Å². The predicted molar refractivity (Wildman–Crippen MR) is 147 cm³/mol. The molecule has 5 unspecified atom stereocenters. The van der Waals surface area contributed by atoms with Crippen molar-refractivity contribution < 1.29 is 19.4 Å². The number of aromatic nitrogens is 2. The molecule has 3 saturated heterocycles. The molecule has 1 amide bonds. The van der Waals surface area contributed by atoms with Crippen LogP contribution in [0.15, 0.2) is 35.7 Å². The number of ether oxygens (including phenoxy) is 2. The lowest BCUT2D eigenvalue weighted by molar-refractivity contribution is -0.00696. The summed E-state index contributed by atoms with van der Waals surface area (Å²) in [7, 11) is 0. The number of nitrogens with zero attached hydrogens (tertiary/aromatic N) is 4. The predicted octanol–water partition coefficient (Wildman–Crippen LogP) is 5.66. The molecule has 38 heavy (non-hydrogen) atoms. The van der Waals surface area contributed by atoms with E-state index in [9.17, 15) is 9.90 Å². The number of hydrogen-bond acceptors (Lipinski definition) is 7. The van der Waals surface area contributed by atoms with Crippen molar-refractivity contribution in [1.82, 2.24) is 14.9 Å². The lowest BCUT2D eigenvalue weighted by Crippen LogP contribution is -2.57. The van der Waals surface area contributed by atoms with Gasteiger partial charge in [-0.05, 0) is 30.2 Å². The number of fused-ring (bicyclic) bond motifs is 5. The first kappa shape index (κ1) is 24.2. The quantitative estimate of drug-likeness (QED) is 0.462. The van der Waals surface area contributed by atoms with Crippen LogP contribution in [-0.4, -0.2) is 69.6 Å². The number of carbonyl (C=O) groups is 1. The number of likely N-dealkylation sites (tertiary alicyclic amines) is 1. The normalized spacial score (nSPS) is 30.4. The zero-order valence-corrected chi connectivity index (χ0v) is 22.9. The zero-order valence-electron chi connectivity index (χ0n) is 22.1. The average Bonchev–Trinajstić information content (AvgIpc) is 3.64. The molecule has 4 fully saturated rings. The molecular weight excluding hydrogens is 500 g/mol. The third-order valence-corrected chi connectivity index (χ3v) is 10.3. The van der Waals surface area contributed by atoms with Crippen molar-refractivity contribution in [1.29, 1.82) is 0 Å². The summed E-state index contributed by atoms with van der Waals surface area (Å²) in [5.41, 5.74) is 1.68. The molecule has 3 aromatic rings. The van der Waals surface area contributed by atoms with Crippen LogP contribution in [0, 0.1) is 11.3 Å². The lowest BCUT2D eigenvalue weighted by Gasteiger charge is -2.47. The summed E-state index contributed by atoms with van der Waals surface area (Å²) in [6.45, 7) is 8.34. The van der Waals surface area contributed by atoms with Crippen LogP contribution in [0.25, 0.3) is 21.3 Å². The van der Waals surface area contributed by atoms with E-state index in [2.05, 4.69) is 55.3 Å². The Labute approximate surface area is 226 Å². The monoisotopic (exact) mass is 534 g/mol. The molecular formula is C29H34N4O4S. The Morgan fingerprint density at radius 1 is 1.13 bits per heavy atom. The van der Waals surface area contributed by atoms with Crippen LogP contribution in [0.4, 0.5) is 10.6 Å². The molecule has 5 heterocycles. The van der Waals surface area contributed by atoms with Crippen LogP contribution in [0.5, 0.6) is 6.01 Å². The summed E-state index contributed by atoms with van der Waals surface area (Å²) < 4.78 is 12.5. The van der Waals surface area contributed by atoms with Gasteiger partial charge in [-0.15, -0.1) is 11.3 Å². The molecule has 9 heteroatoms. The summed E-state index contributed by atoms with van der Waals surface area (Å²) >= 11 is 1.63. The van der Waals surface area contributed by atoms with Gasteiger partial charge in [0.05, 0.1) is 36.2 Å². The summed E-state index contributed by atoms with van der Waals surface area (Å²) in [6, 6.07) is 11.5. The Balaban J connectivity index is 1.29. The van der Waals surface area contributed by atoms with E-state index < -0.39 is 11.6 Å². The van der Waals surface area contributed by atoms with Gasteiger partial charge < -0.3 is 24.4 Å². The van der Waals surface area contributed by atoms with Crippen LogP contribution in [0.3, 0.4) is 0 Å². The highest BCUT2D eigenvalue weighted by atomic mass is 32.1. The number of hydrogen-bond donors (Lipinski definition) is 1. The van der Waals surface area contributed by atoms with Gasteiger partial charge in [0.1, 0.15) is 16.8 Å². The number of carboxylic acid groups (broad SMARTS) is 1. The van der Waals surface area contributed by atoms with Gasteiger partial charge in [0.25, 0.3) is 0 Å². The molecule has 200 valence electrons. The Hall–Kier alpha value is -2.91.